The highest BCUT2D eigenvalue weighted by Crippen LogP contribution is 2.68. The normalized spacial score (nSPS) is 28.5. The molecule has 46 heavy (non-hydrogen) atoms. The molecular formula is C36H42N2O8. The van der Waals surface area contributed by atoms with E-state index in [2.05, 4.69) is 5.32 Å². The first kappa shape index (κ1) is 31.7. The molecule has 10 heteroatoms. The summed E-state index contributed by atoms with van der Waals surface area (Å²) in [7, 11) is 4.54. The van der Waals surface area contributed by atoms with E-state index >= 15 is 4.79 Å². The molecular weight excluding hydrogens is 588 g/mol. The van der Waals surface area contributed by atoms with Gasteiger partial charge in [0.05, 0.1) is 32.8 Å². The van der Waals surface area contributed by atoms with Gasteiger partial charge in [-0.2, -0.15) is 0 Å². The minimum absolute atomic E-state index is 0.132. The molecule has 5 unspecified atom stereocenters. The summed E-state index contributed by atoms with van der Waals surface area (Å²) in [5, 5.41) is 28.8. The molecule has 1 saturated heterocycles. The second kappa shape index (κ2) is 12.1. The SMILES string of the molecule is CCC(C)C(=O)NC1CCCN1C(=O)C1C(c2ccccc2)[C@]2(c3ccc(OC)cc3)Oc3cc(OC)cc(OC)c3[C@@]1(O)C2O. The topological polar surface area (TPSA) is 127 Å². The standard InChI is InChI=1S/C36H42N2O8/c1-6-21(2)32(39)37-28-13-10-18-38(28)33(40)31-29(22-11-8-7-9-12-22)36(23-14-16-24(43-3)17-15-23)34(41)35(31,42)30-26(45-5)19-25(44-4)20-27(30)46-36/h7-9,11-12,14-17,19-21,28-29,31,34,41-42H,6,10,13,18H2,1-5H3,(H,37,39)/t21?,28?,29?,31?,34?,35-,36-/m0/s1. The van der Waals surface area contributed by atoms with Gasteiger partial charge in [-0.05, 0) is 42.5 Å². The maximum atomic E-state index is 15.1. The van der Waals surface area contributed by atoms with Crippen LogP contribution in [0.3, 0.4) is 0 Å². The fourth-order valence-corrected chi connectivity index (χ4v) is 7.61. The number of carbonyl (C=O) groups is 2. The van der Waals surface area contributed by atoms with E-state index in [0.29, 0.717) is 48.4 Å². The molecule has 7 atom stereocenters. The molecule has 3 aromatic carbocycles. The number of nitrogens with one attached hydrogen (secondary N) is 1. The second-order valence-corrected chi connectivity index (χ2v) is 12.4. The lowest BCUT2D eigenvalue weighted by atomic mass is 9.75. The molecule has 2 bridgehead atoms. The summed E-state index contributed by atoms with van der Waals surface area (Å²) in [4.78, 5) is 29.8. The van der Waals surface area contributed by atoms with Gasteiger partial charge in [-0.1, -0.05) is 56.3 Å². The van der Waals surface area contributed by atoms with E-state index in [1.807, 2.05) is 44.2 Å². The Kier molecular flexibility index (Phi) is 8.37. The number of likely N-dealkylation sites (tertiary alicyclic amines) is 1. The summed E-state index contributed by atoms with van der Waals surface area (Å²) >= 11 is 0. The number of carbonyl (C=O) groups excluding carboxylic acids is 2. The summed E-state index contributed by atoms with van der Waals surface area (Å²) in [5.74, 6) is -1.38. The van der Waals surface area contributed by atoms with Gasteiger partial charge in [0, 0.05) is 30.5 Å². The lowest BCUT2D eigenvalue weighted by Gasteiger charge is -2.45. The molecule has 3 aliphatic rings. The van der Waals surface area contributed by atoms with E-state index in [-0.39, 0.29) is 28.9 Å². The monoisotopic (exact) mass is 630 g/mol. The average Bonchev–Trinajstić information content (AvgIpc) is 3.59. The van der Waals surface area contributed by atoms with Gasteiger partial charge in [-0.25, -0.2) is 0 Å². The van der Waals surface area contributed by atoms with Gasteiger partial charge >= 0.3 is 0 Å². The van der Waals surface area contributed by atoms with Crippen LogP contribution in [0.4, 0.5) is 0 Å². The van der Waals surface area contributed by atoms with Gasteiger partial charge in [0.1, 0.15) is 40.9 Å². The molecule has 2 heterocycles. The number of methoxy groups -OCH3 is 3. The molecule has 0 spiro atoms. The van der Waals surface area contributed by atoms with Crippen molar-refractivity contribution in [2.24, 2.45) is 11.8 Å². The molecule has 1 aliphatic carbocycles. The number of hydrogen-bond donors (Lipinski definition) is 3. The van der Waals surface area contributed by atoms with Gasteiger partial charge in [0.25, 0.3) is 0 Å². The van der Waals surface area contributed by atoms with Crippen LogP contribution in [0.2, 0.25) is 0 Å². The molecule has 0 radical (unpaired) electrons. The molecule has 2 fully saturated rings. The summed E-state index contributed by atoms with van der Waals surface area (Å²) in [5.41, 5.74) is -2.37. The fourth-order valence-electron chi connectivity index (χ4n) is 7.61. The van der Waals surface area contributed by atoms with E-state index in [4.69, 9.17) is 18.9 Å². The Bertz CT molecular complexity index is 1600. The Morgan fingerprint density at radius 3 is 2.35 bits per heavy atom. The van der Waals surface area contributed by atoms with Crippen LogP contribution in [0.15, 0.2) is 66.7 Å². The predicted octanol–water partition coefficient (Wildman–Crippen LogP) is 4.07. The third kappa shape index (κ3) is 4.69. The largest absolute Gasteiger partial charge is 0.497 e. The first-order valence-electron chi connectivity index (χ1n) is 15.8. The number of aliphatic hydroxyl groups is 2. The Labute approximate surface area is 269 Å². The van der Waals surface area contributed by atoms with Gasteiger partial charge < -0.3 is 39.4 Å². The number of amides is 2. The zero-order chi connectivity index (χ0) is 32.8. The highest BCUT2D eigenvalue weighted by atomic mass is 16.5. The summed E-state index contributed by atoms with van der Waals surface area (Å²) in [6.07, 6.45) is -0.244. The molecule has 244 valence electrons. The summed E-state index contributed by atoms with van der Waals surface area (Å²) in [6.45, 7) is 4.19. The number of fused-ring (bicyclic) bond motifs is 4. The van der Waals surface area contributed by atoms with Crippen molar-refractivity contribution < 1.29 is 38.7 Å². The Balaban J connectivity index is 1.60. The van der Waals surface area contributed by atoms with Crippen molar-refractivity contribution in [1.82, 2.24) is 10.2 Å². The van der Waals surface area contributed by atoms with Crippen molar-refractivity contribution in [3.8, 4) is 23.0 Å². The van der Waals surface area contributed by atoms with Crippen molar-refractivity contribution >= 4 is 11.8 Å². The Hall–Kier alpha value is -4.28. The molecule has 10 nitrogen and oxygen atoms in total. The van der Waals surface area contributed by atoms with Crippen LogP contribution in [-0.4, -0.2) is 67.1 Å². The number of hydrogen-bond acceptors (Lipinski definition) is 8. The van der Waals surface area contributed by atoms with Crippen LogP contribution in [-0.2, 0) is 20.8 Å². The first-order chi connectivity index (χ1) is 22.1. The molecule has 0 aromatic heterocycles. The lowest BCUT2D eigenvalue weighted by Crippen LogP contribution is -2.56. The number of ether oxygens (including phenoxy) is 4. The first-order valence-corrected chi connectivity index (χ1v) is 15.8. The second-order valence-electron chi connectivity index (χ2n) is 12.4. The zero-order valence-corrected chi connectivity index (χ0v) is 26.9. The maximum Gasteiger partial charge on any atom is 0.231 e. The van der Waals surface area contributed by atoms with Crippen molar-refractivity contribution in [2.75, 3.05) is 27.9 Å². The lowest BCUT2D eigenvalue weighted by molar-refractivity contribution is -0.167. The van der Waals surface area contributed by atoms with Crippen molar-refractivity contribution in [3.05, 3.63) is 83.4 Å². The van der Waals surface area contributed by atoms with Crippen LogP contribution in [0, 0.1) is 11.8 Å². The predicted molar refractivity (Wildman–Crippen MR) is 170 cm³/mol. The molecule has 2 amide bonds. The average molecular weight is 631 g/mol. The quantitative estimate of drug-likeness (QED) is 0.323. The number of aliphatic hydroxyl groups excluding tert-OH is 1. The van der Waals surface area contributed by atoms with E-state index in [9.17, 15) is 15.0 Å². The highest BCUT2D eigenvalue weighted by molar-refractivity contribution is 5.86. The van der Waals surface area contributed by atoms with E-state index in [1.54, 1.807) is 48.4 Å². The smallest absolute Gasteiger partial charge is 0.231 e. The molecule has 6 rings (SSSR count). The number of benzene rings is 3. The van der Waals surface area contributed by atoms with Crippen LogP contribution < -0.4 is 24.3 Å². The van der Waals surface area contributed by atoms with E-state index in [1.165, 1.54) is 14.2 Å². The highest BCUT2D eigenvalue weighted by Gasteiger charge is 2.76. The zero-order valence-electron chi connectivity index (χ0n) is 26.9. The van der Waals surface area contributed by atoms with Crippen molar-refractivity contribution in [1.29, 1.82) is 0 Å². The van der Waals surface area contributed by atoms with Crippen LogP contribution in [0.25, 0.3) is 0 Å². The minimum Gasteiger partial charge on any atom is -0.497 e. The maximum absolute atomic E-state index is 15.1. The van der Waals surface area contributed by atoms with E-state index < -0.39 is 41.2 Å². The van der Waals surface area contributed by atoms with Gasteiger partial charge in [-0.15, -0.1) is 0 Å². The number of rotatable bonds is 9. The number of nitrogens with zero attached hydrogens (tertiary/aromatic N) is 1. The third-order valence-electron chi connectivity index (χ3n) is 10.1. The minimum atomic E-state index is -2.17. The van der Waals surface area contributed by atoms with Gasteiger partial charge in [0.15, 0.2) is 5.60 Å². The fraction of sp³-hybridized carbons (Fsp3) is 0.444. The Morgan fingerprint density at radius 2 is 1.72 bits per heavy atom. The van der Waals surface area contributed by atoms with Crippen molar-refractivity contribution in [3.63, 3.8) is 0 Å². The molecule has 1 saturated carbocycles. The van der Waals surface area contributed by atoms with Crippen LogP contribution >= 0.6 is 0 Å². The van der Waals surface area contributed by atoms with Crippen molar-refractivity contribution in [2.45, 2.75) is 62.5 Å². The summed E-state index contributed by atoms with van der Waals surface area (Å²) < 4.78 is 23.7. The molecule has 3 aromatic rings. The van der Waals surface area contributed by atoms with Gasteiger partial charge in [0.2, 0.25) is 11.8 Å². The van der Waals surface area contributed by atoms with Gasteiger partial charge in [-0.3, -0.25) is 9.59 Å². The molecule has 2 aliphatic heterocycles. The van der Waals surface area contributed by atoms with Crippen LogP contribution in [0.1, 0.15) is 55.7 Å². The Morgan fingerprint density at radius 1 is 1.02 bits per heavy atom. The summed E-state index contributed by atoms with van der Waals surface area (Å²) in [6, 6.07) is 19.7. The third-order valence-corrected chi connectivity index (χ3v) is 10.1. The van der Waals surface area contributed by atoms with Crippen LogP contribution in [0.5, 0.6) is 23.0 Å². The van der Waals surface area contributed by atoms with E-state index in [0.717, 1.165) is 0 Å². The molecule has 3 N–H and O–H groups in total.